The number of hydrogen-bond donors (Lipinski definition) is 0. The standard InChI is InChI=1S/C90H132O6P2/c1-49-55(79(7,8)9)43-61(85(25,26)27)73-67(49)68-50(2)56(80(10,11)12)44-62(86(28,29)30)74(68)92-97(91-73)95-77-65(89(37,38)39)47-59(83(19,20)21)53(5)71(77)72-54(6)60(84(22,23)24)48-66(90(40,41)42)78(72)96-98-93-75-63(87(31,32)33)45-57(81(13,14)15)51(3)69(75)70-52(4)58(82(16,17)18)46-64(76(70)94-98)88(34,35)36/h43-48H,1-42H3. The summed E-state index contributed by atoms with van der Waals surface area (Å²) in [5, 5.41) is 4.34. The minimum atomic E-state index is -2.30. The molecule has 8 aromatic rings. The molecule has 0 spiro atoms. The van der Waals surface area contributed by atoms with Crippen LogP contribution in [0.4, 0.5) is 0 Å². The lowest BCUT2D eigenvalue weighted by Gasteiger charge is -2.34. The molecule has 0 aliphatic carbocycles. The molecule has 0 radical (unpaired) electrons. The molecule has 0 saturated carbocycles. The van der Waals surface area contributed by atoms with Crippen molar-refractivity contribution in [2.45, 2.75) is 356 Å². The van der Waals surface area contributed by atoms with Crippen LogP contribution >= 0.6 is 16.5 Å². The Balaban J connectivity index is 1.74. The van der Waals surface area contributed by atoms with Crippen molar-refractivity contribution in [3.05, 3.63) is 137 Å². The van der Waals surface area contributed by atoms with E-state index in [1.807, 2.05) is 0 Å². The van der Waals surface area contributed by atoms with Crippen molar-refractivity contribution in [2.75, 3.05) is 0 Å². The van der Waals surface area contributed by atoms with Gasteiger partial charge in [0.05, 0.1) is 0 Å². The molecule has 0 bridgehead atoms. The van der Waals surface area contributed by atoms with Crippen LogP contribution in [0.15, 0.2) is 53.2 Å². The van der Waals surface area contributed by atoms with Crippen molar-refractivity contribution < 1.29 is 25.8 Å². The maximum absolute atomic E-state index is 8.23. The predicted octanol–water partition coefficient (Wildman–Crippen LogP) is 29.7. The third-order valence-electron chi connectivity index (χ3n) is 20.7. The fraction of sp³-hybridized carbons (Fsp3) is 0.600. The molecule has 0 atom stereocenters. The fourth-order valence-corrected chi connectivity index (χ4v) is 17.8. The summed E-state index contributed by atoms with van der Waals surface area (Å²) in [7, 11) is -4.59. The van der Waals surface area contributed by atoms with Crippen LogP contribution in [0.2, 0.25) is 0 Å². The second-order valence-corrected chi connectivity index (χ2v) is 43.8. The van der Waals surface area contributed by atoms with E-state index in [1.165, 1.54) is 55.6 Å². The highest BCUT2D eigenvalue weighted by molar-refractivity contribution is 7.32. The van der Waals surface area contributed by atoms with E-state index in [-0.39, 0.29) is 54.1 Å². The molecule has 8 heteroatoms. The summed E-state index contributed by atoms with van der Waals surface area (Å²) in [6.45, 7) is 97.6. The molecule has 0 saturated heterocycles. The van der Waals surface area contributed by atoms with Gasteiger partial charge in [-0.05, 0) is 173 Å². The van der Waals surface area contributed by atoms with Crippen molar-refractivity contribution in [3.8, 4) is 22.6 Å². The van der Waals surface area contributed by atoms with Crippen molar-refractivity contribution in [1.82, 2.24) is 0 Å². The van der Waals surface area contributed by atoms with Gasteiger partial charge in [0.25, 0.3) is 0 Å². The molecule has 0 fully saturated rings. The zero-order chi connectivity index (χ0) is 75.0. The smallest absolute Gasteiger partial charge is 0.390 e. The monoisotopic (exact) mass is 1370 g/mol. The van der Waals surface area contributed by atoms with Crippen LogP contribution < -0.4 is 9.05 Å². The van der Waals surface area contributed by atoms with Gasteiger partial charge < -0.3 is 25.8 Å². The quantitative estimate of drug-likeness (QED) is 0.171. The molecule has 0 N–H and O–H groups in total. The zero-order valence-electron chi connectivity index (χ0n) is 69.8. The third-order valence-corrected chi connectivity index (χ3v) is 22.7. The fourth-order valence-electron chi connectivity index (χ4n) is 15.5. The van der Waals surface area contributed by atoms with Gasteiger partial charge in [-0.25, -0.2) is 0 Å². The molecular weight excluding hydrogens is 1240 g/mol. The van der Waals surface area contributed by atoms with E-state index >= 15 is 0 Å². The average Bonchev–Trinajstić information content (AvgIpc) is 1.30. The van der Waals surface area contributed by atoms with Crippen LogP contribution in [0, 0.1) is 41.5 Å². The van der Waals surface area contributed by atoms with Gasteiger partial charge in [0.15, 0.2) is 0 Å². The van der Waals surface area contributed by atoms with Gasteiger partial charge in [0, 0.05) is 66.1 Å². The van der Waals surface area contributed by atoms with Crippen LogP contribution in [-0.4, -0.2) is 0 Å². The molecule has 6 nitrogen and oxygen atoms in total. The molecule has 6 aromatic carbocycles. The highest BCUT2D eigenvalue weighted by Gasteiger charge is 2.40. The van der Waals surface area contributed by atoms with Crippen LogP contribution in [-0.2, 0) is 65.0 Å². The van der Waals surface area contributed by atoms with E-state index < -0.39 is 27.3 Å². The molecule has 2 heterocycles. The zero-order valence-corrected chi connectivity index (χ0v) is 71.6. The number of rotatable bonds is 5. The minimum absolute atomic E-state index is 0.182. The normalized spacial score (nSPS) is 14.0. The number of hydrogen-bond acceptors (Lipinski definition) is 6. The van der Waals surface area contributed by atoms with Crippen molar-refractivity contribution >= 4 is 60.4 Å². The van der Waals surface area contributed by atoms with Gasteiger partial charge >= 0.3 is 16.5 Å². The van der Waals surface area contributed by atoms with Crippen LogP contribution in [0.1, 0.15) is 349 Å². The van der Waals surface area contributed by atoms with Gasteiger partial charge in [-0.2, -0.15) is 0 Å². The maximum atomic E-state index is 8.23. The van der Waals surface area contributed by atoms with Crippen molar-refractivity contribution in [1.29, 1.82) is 0 Å². The summed E-state index contributed by atoms with van der Waals surface area (Å²) in [5.41, 5.74) is 22.7. The summed E-state index contributed by atoms with van der Waals surface area (Å²) >= 11 is 0. The number of benzene rings is 6. The second-order valence-electron chi connectivity index (χ2n) is 41.8. The minimum Gasteiger partial charge on any atom is -0.390 e. The van der Waals surface area contributed by atoms with E-state index in [1.54, 1.807) is 0 Å². The summed E-state index contributed by atoms with van der Waals surface area (Å²) in [4.78, 5) is 0. The second kappa shape index (κ2) is 24.7. The van der Waals surface area contributed by atoms with Gasteiger partial charge in [0.2, 0.25) is 0 Å². The molecular formula is C90H132O6P2. The first kappa shape index (κ1) is 78.4. The van der Waals surface area contributed by atoms with E-state index in [0.29, 0.717) is 11.5 Å². The van der Waals surface area contributed by atoms with Crippen LogP contribution in [0.3, 0.4) is 0 Å². The Morgan fingerprint density at radius 2 is 0.347 bits per heavy atom. The van der Waals surface area contributed by atoms with Crippen LogP contribution in [0.25, 0.3) is 55.0 Å². The van der Waals surface area contributed by atoms with Gasteiger partial charge in [-0.3, -0.25) is 0 Å². The Morgan fingerprint density at radius 1 is 0.204 bits per heavy atom. The SMILES string of the molecule is Cc1c(C(C)(C)C)cc(C(C)(C)C)c(Op2oc3c(C(C)(C)C)cc(C(C)(C)C)c(C)c3c3c(C)c(C(C)(C)C)cc(C(C)(C)C)c3o2)c1-c1c(C)c(C(C)(C)C)cc(C(C)(C)C)c1Op1oc2c(C(C)(C)C)cc(C(C)(C)C)c(C)c2c2c(C)c(C(C)(C)C)cc(C(C)(C)C)c2o1. The highest BCUT2D eigenvalue weighted by Crippen LogP contribution is 2.59. The third kappa shape index (κ3) is 14.7. The summed E-state index contributed by atoms with van der Waals surface area (Å²) in [5.74, 6) is 1.43. The van der Waals surface area contributed by atoms with E-state index in [4.69, 9.17) is 25.8 Å². The molecule has 2 aromatic heterocycles. The Bertz CT molecular complexity index is 4080. The largest absolute Gasteiger partial charge is 0.453 e. The van der Waals surface area contributed by atoms with E-state index in [0.717, 1.165) is 99.5 Å². The lowest BCUT2D eigenvalue weighted by atomic mass is 9.72. The predicted molar refractivity (Wildman–Crippen MR) is 429 cm³/mol. The van der Waals surface area contributed by atoms with Crippen molar-refractivity contribution in [3.63, 3.8) is 0 Å². The molecule has 98 heavy (non-hydrogen) atoms. The summed E-state index contributed by atoms with van der Waals surface area (Å²) < 4.78 is 48.1. The molecule has 8 rings (SSSR count). The number of fused-ring (bicyclic) bond motifs is 6. The maximum Gasteiger partial charge on any atom is 0.453 e. The molecule has 0 unspecified atom stereocenters. The van der Waals surface area contributed by atoms with Gasteiger partial charge in [0.1, 0.15) is 33.8 Å². The van der Waals surface area contributed by atoms with E-state index in [9.17, 15) is 0 Å². The first-order chi connectivity index (χ1) is 43.7. The molecule has 538 valence electrons. The van der Waals surface area contributed by atoms with Gasteiger partial charge in [-0.1, -0.05) is 286 Å². The van der Waals surface area contributed by atoms with E-state index in [2.05, 4.69) is 327 Å². The first-order valence-corrected chi connectivity index (χ1v) is 38.7. The summed E-state index contributed by atoms with van der Waals surface area (Å²) in [6, 6.07) is 14.6. The van der Waals surface area contributed by atoms with Crippen molar-refractivity contribution in [2.24, 2.45) is 0 Å². The average molecular weight is 1370 g/mol. The Kier molecular flexibility index (Phi) is 19.8. The first-order valence-electron chi connectivity index (χ1n) is 36.5. The Morgan fingerprint density at radius 3 is 0.500 bits per heavy atom. The molecule has 0 aliphatic heterocycles. The lowest BCUT2D eigenvalue weighted by Crippen LogP contribution is -2.22. The number of aryl methyl sites for hydroxylation is 4. The summed E-state index contributed by atoms with van der Waals surface area (Å²) in [6.07, 6.45) is 0. The molecule has 0 amide bonds. The topological polar surface area (TPSA) is 71.0 Å². The van der Waals surface area contributed by atoms with Crippen LogP contribution in [0.5, 0.6) is 11.5 Å². The lowest BCUT2D eigenvalue weighted by molar-refractivity contribution is 0.464. The molecule has 0 aliphatic rings. The van der Waals surface area contributed by atoms with Gasteiger partial charge in [-0.15, -0.1) is 0 Å². The Labute approximate surface area is 597 Å². The Hall–Kier alpha value is -5.28. The highest BCUT2D eigenvalue weighted by atomic mass is 31.1.